The zero-order valence-electron chi connectivity index (χ0n) is 15.9. The van der Waals surface area contributed by atoms with Crippen molar-refractivity contribution in [2.75, 3.05) is 32.9 Å². The van der Waals surface area contributed by atoms with Crippen molar-refractivity contribution in [1.29, 1.82) is 0 Å². The number of benzene rings is 1. The molecule has 2 nitrogen and oxygen atoms in total. The summed E-state index contributed by atoms with van der Waals surface area (Å²) < 4.78 is 1.24. The van der Waals surface area contributed by atoms with Crippen molar-refractivity contribution in [3.63, 3.8) is 0 Å². The maximum atomic E-state index is 10.7. The molecule has 1 aromatic rings. The highest BCUT2D eigenvalue weighted by Gasteiger charge is 2.44. The first kappa shape index (κ1) is 21.4. The molecule has 1 aliphatic heterocycles. The summed E-state index contributed by atoms with van der Waals surface area (Å²) in [6.07, 6.45) is 11.5. The van der Waals surface area contributed by atoms with E-state index in [1.165, 1.54) is 86.7 Å². The molecular formula is C21H36INOSi. The third-order valence-electron chi connectivity index (χ3n) is 7.01. The molecule has 1 saturated carbocycles. The third-order valence-corrected chi connectivity index (χ3v) is 12.3. The van der Waals surface area contributed by atoms with E-state index in [4.69, 9.17) is 0 Å². The van der Waals surface area contributed by atoms with Gasteiger partial charge in [0.25, 0.3) is 0 Å². The Hall–Kier alpha value is 0.0869. The first-order chi connectivity index (χ1) is 11.7. The first-order valence-corrected chi connectivity index (χ1v) is 12.7. The smallest absolute Gasteiger partial charge is 0.123 e. The SMILES string of the molecule is C[N+]1(CC[Si@](CO)(c2ccccc2)C2CCCCC2)CCCCC1.[I-]. The predicted molar refractivity (Wildman–Crippen MR) is 105 cm³/mol. The molecule has 0 amide bonds. The lowest BCUT2D eigenvalue weighted by atomic mass is 10.0. The number of hydrogen-bond acceptors (Lipinski definition) is 1. The molecule has 3 rings (SSSR count). The number of aliphatic hydroxyl groups excluding tert-OH is 1. The summed E-state index contributed by atoms with van der Waals surface area (Å²) in [5.74, 6) is 0. The molecule has 1 aliphatic carbocycles. The minimum Gasteiger partial charge on any atom is -1.00 e. The van der Waals surface area contributed by atoms with Gasteiger partial charge in [0.2, 0.25) is 0 Å². The second kappa shape index (κ2) is 9.86. The number of likely N-dealkylation sites (tertiary alicyclic amines) is 1. The second-order valence-corrected chi connectivity index (χ2v) is 13.1. The molecule has 0 unspecified atom stereocenters. The summed E-state index contributed by atoms with van der Waals surface area (Å²) in [4.78, 5) is 0. The van der Waals surface area contributed by atoms with Crippen molar-refractivity contribution < 1.29 is 33.6 Å². The fraction of sp³-hybridized carbons (Fsp3) is 0.714. The highest BCUT2D eigenvalue weighted by molar-refractivity contribution is 6.93. The Bertz CT molecular complexity index is 500. The van der Waals surface area contributed by atoms with Crippen LogP contribution in [0.3, 0.4) is 0 Å². The van der Waals surface area contributed by atoms with Crippen LogP contribution in [0.15, 0.2) is 30.3 Å². The average Bonchev–Trinajstić information content (AvgIpc) is 2.65. The van der Waals surface area contributed by atoms with Crippen LogP contribution >= 0.6 is 0 Å². The fourth-order valence-corrected chi connectivity index (χ4v) is 10.4. The van der Waals surface area contributed by atoms with Crippen molar-refractivity contribution in [2.45, 2.75) is 63.0 Å². The van der Waals surface area contributed by atoms with Crippen molar-refractivity contribution in [3.8, 4) is 0 Å². The number of aliphatic hydroxyl groups is 1. The summed E-state index contributed by atoms with van der Waals surface area (Å²) in [5.41, 5.74) is 0.787. The molecule has 25 heavy (non-hydrogen) atoms. The Morgan fingerprint density at radius 3 is 2.16 bits per heavy atom. The normalized spacial score (nSPS) is 23.4. The molecule has 0 radical (unpaired) electrons. The number of hydrogen-bond donors (Lipinski definition) is 1. The molecule has 0 spiro atoms. The Morgan fingerprint density at radius 2 is 1.56 bits per heavy atom. The van der Waals surface area contributed by atoms with Gasteiger partial charge < -0.3 is 33.6 Å². The lowest BCUT2D eigenvalue weighted by Crippen LogP contribution is -3.00. The molecule has 1 saturated heterocycles. The summed E-state index contributed by atoms with van der Waals surface area (Å²) in [6.45, 7) is 3.96. The van der Waals surface area contributed by atoms with E-state index in [2.05, 4.69) is 37.4 Å². The maximum absolute atomic E-state index is 10.7. The standard InChI is InChI=1S/C21H36NOSi.HI/c1-22(15-9-4-10-16-22)17-18-24(19-23,20-11-5-2-6-12-20)21-13-7-3-8-14-21;/h2,5-6,11-12,21,23H,3-4,7-10,13-19H2,1H3;1H/q+1;/p-1/t24-;/m0./s1. The number of rotatable bonds is 6. The molecule has 4 heteroatoms. The van der Waals surface area contributed by atoms with Crippen LogP contribution in [-0.2, 0) is 0 Å². The Balaban J connectivity index is 0.00000225. The van der Waals surface area contributed by atoms with Crippen molar-refractivity contribution in [2.24, 2.45) is 0 Å². The van der Waals surface area contributed by atoms with Gasteiger partial charge in [0.05, 0.1) is 26.7 Å². The highest BCUT2D eigenvalue weighted by Crippen LogP contribution is 2.39. The van der Waals surface area contributed by atoms with Gasteiger partial charge >= 0.3 is 0 Å². The summed E-state index contributed by atoms with van der Waals surface area (Å²) >= 11 is 0. The van der Waals surface area contributed by atoms with E-state index in [0.717, 1.165) is 5.54 Å². The monoisotopic (exact) mass is 473 g/mol. The van der Waals surface area contributed by atoms with Gasteiger partial charge in [0, 0.05) is 6.23 Å². The minimum absolute atomic E-state index is 0. The molecule has 1 N–H and O–H groups in total. The van der Waals surface area contributed by atoms with E-state index >= 15 is 0 Å². The third kappa shape index (κ3) is 5.08. The van der Waals surface area contributed by atoms with E-state index in [1.54, 1.807) is 0 Å². The second-order valence-electron chi connectivity index (χ2n) is 8.62. The maximum Gasteiger partial charge on any atom is 0.123 e. The predicted octanol–water partition coefficient (Wildman–Crippen LogP) is 0.843. The summed E-state index contributed by atoms with van der Waals surface area (Å²) in [7, 11) is 0.624. The van der Waals surface area contributed by atoms with E-state index in [9.17, 15) is 5.11 Å². The molecule has 1 atom stereocenters. The van der Waals surface area contributed by atoms with Crippen LogP contribution in [0.25, 0.3) is 0 Å². The lowest BCUT2D eigenvalue weighted by molar-refractivity contribution is -0.912. The van der Waals surface area contributed by atoms with E-state index in [0.29, 0.717) is 6.23 Å². The summed E-state index contributed by atoms with van der Waals surface area (Å²) in [6, 6.07) is 12.4. The van der Waals surface area contributed by atoms with Gasteiger partial charge in [-0.25, -0.2) is 0 Å². The number of piperidine rings is 1. The average molecular weight is 474 g/mol. The Morgan fingerprint density at radius 1 is 0.960 bits per heavy atom. The molecule has 2 aliphatic rings. The van der Waals surface area contributed by atoms with Gasteiger partial charge in [-0.1, -0.05) is 67.6 Å². The number of halogens is 1. The minimum atomic E-state index is -1.84. The highest BCUT2D eigenvalue weighted by atomic mass is 127. The van der Waals surface area contributed by atoms with Gasteiger partial charge in [0.1, 0.15) is 8.07 Å². The topological polar surface area (TPSA) is 20.2 Å². The zero-order chi connectivity index (χ0) is 16.9. The van der Waals surface area contributed by atoms with Crippen molar-refractivity contribution >= 4 is 13.3 Å². The molecule has 0 bridgehead atoms. The van der Waals surface area contributed by atoms with Gasteiger partial charge in [0.15, 0.2) is 0 Å². The number of nitrogens with zero attached hydrogens (tertiary/aromatic N) is 1. The zero-order valence-corrected chi connectivity index (χ0v) is 19.1. The van der Waals surface area contributed by atoms with E-state index in [-0.39, 0.29) is 24.0 Å². The van der Waals surface area contributed by atoms with Crippen molar-refractivity contribution in [1.82, 2.24) is 0 Å². The van der Waals surface area contributed by atoms with E-state index in [1.807, 2.05) is 0 Å². The fourth-order valence-electron chi connectivity index (χ4n) is 5.28. The van der Waals surface area contributed by atoms with Crippen LogP contribution in [0, 0.1) is 0 Å². The van der Waals surface area contributed by atoms with E-state index < -0.39 is 8.07 Å². The van der Waals surface area contributed by atoms with Crippen LogP contribution < -0.4 is 29.2 Å². The molecule has 1 heterocycles. The van der Waals surface area contributed by atoms with Crippen LogP contribution in [-0.4, -0.2) is 50.6 Å². The van der Waals surface area contributed by atoms with Crippen LogP contribution in [0.1, 0.15) is 51.4 Å². The Labute approximate surface area is 172 Å². The van der Waals surface area contributed by atoms with Gasteiger partial charge in [-0.05, 0) is 30.8 Å². The lowest BCUT2D eigenvalue weighted by Gasteiger charge is -2.44. The van der Waals surface area contributed by atoms with Gasteiger partial charge in [-0.2, -0.15) is 0 Å². The van der Waals surface area contributed by atoms with Crippen LogP contribution in [0.5, 0.6) is 0 Å². The summed E-state index contributed by atoms with van der Waals surface area (Å²) in [5, 5.41) is 12.2. The molecule has 0 aromatic heterocycles. The van der Waals surface area contributed by atoms with Crippen LogP contribution in [0.2, 0.25) is 11.6 Å². The van der Waals surface area contributed by atoms with Gasteiger partial charge in [-0.15, -0.1) is 0 Å². The first-order valence-electron chi connectivity index (χ1n) is 10.2. The number of quaternary nitrogens is 1. The molecular weight excluding hydrogens is 437 g/mol. The van der Waals surface area contributed by atoms with Crippen LogP contribution in [0.4, 0.5) is 0 Å². The molecule has 1 aromatic carbocycles. The largest absolute Gasteiger partial charge is 1.00 e. The van der Waals surface area contributed by atoms with Gasteiger partial charge in [-0.3, -0.25) is 0 Å². The van der Waals surface area contributed by atoms with Crippen molar-refractivity contribution in [3.05, 3.63) is 30.3 Å². The molecule has 142 valence electrons. The quantitative estimate of drug-likeness (QED) is 0.369. The Kier molecular flexibility index (Phi) is 8.43. The molecule has 2 fully saturated rings.